The van der Waals surface area contributed by atoms with E-state index in [4.69, 9.17) is 19.0 Å². The third kappa shape index (κ3) is 24.1. The van der Waals surface area contributed by atoms with Crippen molar-refractivity contribution in [2.75, 3.05) is 19.8 Å². The minimum Gasteiger partial charge on any atom is -0.465 e. The normalized spacial score (nSPS) is 20.3. The number of nitrogens with zero attached hydrogens (tertiary/aromatic N) is 1. The molecule has 1 aliphatic rings. The fourth-order valence-corrected chi connectivity index (χ4v) is 5.58. The van der Waals surface area contributed by atoms with Gasteiger partial charge in [-0.05, 0) is 33.1 Å². The number of carbonyl (C=O) groups excluding carboxylic acids is 2. The maximum Gasteiger partial charge on any atom is 0.322 e. The van der Waals surface area contributed by atoms with Crippen LogP contribution in [0.1, 0.15) is 219 Å². The molecule has 1 saturated heterocycles. The minimum absolute atomic E-state index is 0.0605. The van der Waals surface area contributed by atoms with Crippen LogP contribution in [0.5, 0.6) is 0 Å². The molecule has 0 aromatic heterocycles. The average Bonchev–Trinajstić information content (AvgIpc) is 3.10. The van der Waals surface area contributed by atoms with Gasteiger partial charge in [-0.25, -0.2) is 0 Å². The monoisotopic (exact) mass is 716 g/mol. The highest BCUT2D eigenvalue weighted by Gasteiger charge is 2.52. The molecule has 0 amide bonds. The lowest BCUT2D eigenvalue weighted by atomic mass is 9.80. The van der Waals surface area contributed by atoms with Crippen molar-refractivity contribution >= 4 is 11.9 Å². The number of rotatable bonds is 22. The third-order valence-electron chi connectivity index (χ3n) is 10.0. The van der Waals surface area contributed by atoms with Gasteiger partial charge in [0.25, 0.3) is 0 Å². The van der Waals surface area contributed by atoms with E-state index in [1.807, 2.05) is 5.06 Å². The lowest BCUT2D eigenvalue weighted by molar-refractivity contribution is -0.347. The molecule has 0 aromatic carbocycles. The van der Waals surface area contributed by atoms with Crippen molar-refractivity contribution < 1.29 is 28.6 Å². The summed E-state index contributed by atoms with van der Waals surface area (Å²) in [4.78, 5) is 28.8. The van der Waals surface area contributed by atoms with E-state index in [2.05, 4.69) is 90.0 Å². The van der Waals surface area contributed by atoms with Crippen LogP contribution in [0.25, 0.3) is 0 Å². The van der Waals surface area contributed by atoms with Crippen molar-refractivity contribution in [1.82, 2.24) is 5.06 Å². The summed E-state index contributed by atoms with van der Waals surface area (Å²) in [6, 6.07) is 0.0605. The van der Waals surface area contributed by atoms with Crippen molar-refractivity contribution in [3.05, 3.63) is 0 Å². The Hall–Kier alpha value is -1.18. The molecule has 1 fully saturated rings. The second-order valence-corrected chi connectivity index (χ2v) is 15.2. The summed E-state index contributed by atoms with van der Waals surface area (Å²) in [5.41, 5.74) is -0.813. The van der Waals surface area contributed by atoms with E-state index in [9.17, 15) is 9.59 Å². The zero-order valence-electron chi connectivity index (χ0n) is 36.4. The standard InChI is InChI=1S/C23H43NO6.C11H24.C5H12.C4H10/c1-10-18(6)24(30-20(8)26)21(9,11-2)13-23(17(4)5)28-15-22(12-3,16-29-23)14-27-19(7)25;1-3-5-7-9-11-10-8-6-4-2;1-3-5-4-2;1-3-4-2/h17-18H,10-16H2,1-9H3;3-11H2,1-2H3;3-5H2,1-2H3;3-4H2,1-2H3. The zero-order chi connectivity index (χ0) is 39.1. The van der Waals surface area contributed by atoms with Crippen molar-refractivity contribution in [1.29, 1.82) is 0 Å². The largest absolute Gasteiger partial charge is 0.465 e. The Morgan fingerprint density at radius 1 is 0.680 bits per heavy atom. The van der Waals surface area contributed by atoms with Gasteiger partial charge in [-0.15, -0.1) is 5.06 Å². The molecule has 50 heavy (non-hydrogen) atoms. The Morgan fingerprint density at radius 2 is 1.12 bits per heavy atom. The molecule has 2 unspecified atom stereocenters. The second-order valence-electron chi connectivity index (χ2n) is 15.2. The van der Waals surface area contributed by atoms with Gasteiger partial charge in [0.15, 0.2) is 5.79 Å². The minimum atomic E-state index is -0.814. The second kappa shape index (κ2) is 32.5. The van der Waals surface area contributed by atoms with Gasteiger partial charge in [-0.1, -0.05) is 166 Å². The first-order valence-corrected chi connectivity index (χ1v) is 21.0. The fourth-order valence-electron chi connectivity index (χ4n) is 5.58. The van der Waals surface area contributed by atoms with Crippen LogP contribution in [0.4, 0.5) is 0 Å². The van der Waals surface area contributed by atoms with Crippen molar-refractivity contribution in [2.45, 2.75) is 237 Å². The predicted molar refractivity (Wildman–Crippen MR) is 214 cm³/mol. The van der Waals surface area contributed by atoms with E-state index in [1.54, 1.807) is 0 Å². The smallest absolute Gasteiger partial charge is 0.322 e. The van der Waals surface area contributed by atoms with Crippen molar-refractivity contribution in [3.63, 3.8) is 0 Å². The summed E-state index contributed by atoms with van der Waals surface area (Å²) in [6.45, 7) is 31.9. The van der Waals surface area contributed by atoms with Gasteiger partial charge in [0.2, 0.25) is 0 Å². The summed E-state index contributed by atoms with van der Waals surface area (Å²) in [5.74, 6) is -1.35. The van der Waals surface area contributed by atoms with Gasteiger partial charge in [0.1, 0.15) is 6.61 Å². The maximum absolute atomic E-state index is 11.8. The van der Waals surface area contributed by atoms with E-state index in [-0.39, 0.29) is 35.9 Å². The van der Waals surface area contributed by atoms with Gasteiger partial charge >= 0.3 is 11.9 Å². The molecule has 1 rings (SSSR count). The summed E-state index contributed by atoms with van der Waals surface area (Å²) >= 11 is 0. The van der Waals surface area contributed by atoms with Gasteiger partial charge in [0.05, 0.1) is 24.2 Å². The Bertz CT molecular complexity index is 767. The number of esters is 1. The first-order chi connectivity index (χ1) is 23.6. The van der Waals surface area contributed by atoms with Gasteiger partial charge in [-0.2, -0.15) is 0 Å². The van der Waals surface area contributed by atoms with Crippen LogP contribution in [0, 0.1) is 11.3 Å². The molecule has 7 heteroatoms. The summed E-state index contributed by atoms with van der Waals surface area (Å²) < 4.78 is 18.2. The molecule has 0 aliphatic carbocycles. The van der Waals surface area contributed by atoms with E-state index in [0.29, 0.717) is 19.6 Å². The quantitative estimate of drug-likeness (QED) is 0.0627. The lowest BCUT2D eigenvalue weighted by Crippen LogP contribution is -2.61. The number of unbranched alkanes of at least 4 members (excludes halogenated alkanes) is 11. The molecule has 0 spiro atoms. The van der Waals surface area contributed by atoms with E-state index in [0.717, 1.165) is 19.3 Å². The molecule has 1 heterocycles. The molecule has 1 aliphatic heterocycles. The Morgan fingerprint density at radius 3 is 1.40 bits per heavy atom. The Balaban J connectivity index is -0.000000898. The zero-order valence-corrected chi connectivity index (χ0v) is 36.4. The molecular weight excluding hydrogens is 626 g/mol. The third-order valence-corrected chi connectivity index (χ3v) is 10.0. The van der Waals surface area contributed by atoms with E-state index < -0.39 is 11.3 Å². The average molecular weight is 716 g/mol. The molecule has 0 aromatic rings. The molecule has 7 nitrogen and oxygen atoms in total. The van der Waals surface area contributed by atoms with Crippen LogP contribution < -0.4 is 0 Å². The van der Waals surface area contributed by atoms with Gasteiger partial charge in [-0.3, -0.25) is 9.59 Å². The van der Waals surface area contributed by atoms with E-state index in [1.165, 1.54) is 104 Å². The fraction of sp³-hybridized carbons (Fsp3) is 0.953. The predicted octanol–water partition coefficient (Wildman–Crippen LogP) is 13.0. The highest BCUT2D eigenvalue weighted by Crippen LogP contribution is 2.44. The molecule has 0 bridgehead atoms. The van der Waals surface area contributed by atoms with Crippen LogP contribution >= 0.6 is 0 Å². The summed E-state index contributed by atoms with van der Waals surface area (Å²) in [5, 5.41) is 1.83. The number of hydrogen-bond donors (Lipinski definition) is 0. The van der Waals surface area contributed by atoms with E-state index >= 15 is 0 Å². The van der Waals surface area contributed by atoms with Gasteiger partial charge < -0.3 is 19.0 Å². The maximum atomic E-state index is 11.8. The highest BCUT2D eigenvalue weighted by molar-refractivity contribution is 5.66. The van der Waals surface area contributed by atoms with Crippen LogP contribution in [-0.2, 0) is 28.6 Å². The Kier molecular flexibility index (Phi) is 34.5. The number of ether oxygens (including phenoxy) is 3. The molecule has 0 N–H and O–H groups in total. The van der Waals surface area contributed by atoms with Crippen LogP contribution in [-0.4, -0.2) is 54.2 Å². The molecular formula is C43H89NO6. The molecule has 2 atom stereocenters. The first-order valence-electron chi connectivity index (χ1n) is 21.0. The summed E-state index contributed by atoms with van der Waals surface area (Å²) in [7, 11) is 0. The molecule has 302 valence electrons. The number of carbonyl (C=O) groups is 2. The SMILES string of the molecule is CCC(C)N(OC(C)=O)C(C)(CC)CC1(C(C)C)OCC(CC)(COC(C)=O)CO1.CCCC.CCCCC.CCCCCCCCCCC. The lowest BCUT2D eigenvalue weighted by Gasteiger charge is -2.52. The van der Waals surface area contributed by atoms with Crippen LogP contribution in [0.15, 0.2) is 0 Å². The first kappa shape index (κ1) is 53.2. The highest BCUT2D eigenvalue weighted by atomic mass is 16.7. The Labute approximate surface area is 313 Å². The topological polar surface area (TPSA) is 74.3 Å². The van der Waals surface area contributed by atoms with Crippen LogP contribution in [0.3, 0.4) is 0 Å². The molecule has 0 saturated carbocycles. The van der Waals surface area contributed by atoms with Gasteiger partial charge in [0, 0.05) is 32.2 Å². The van der Waals surface area contributed by atoms with Crippen LogP contribution in [0.2, 0.25) is 0 Å². The molecule has 0 radical (unpaired) electrons. The number of hydroxylamine groups is 2. The number of hydrogen-bond acceptors (Lipinski definition) is 7. The van der Waals surface area contributed by atoms with Crippen molar-refractivity contribution in [3.8, 4) is 0 Å². The summed E-state index contributed by atoms with van der Waals surface area (Å²) in [6.07, 6.45) is 22.6. The van der Waals surface area contributed by atoms with Crippen molar-refractivity contribution in [2.24, 2.45) is 11.3 Å².